The molecule has 1 saturated heterocycles. The lowest BCUT2D eigenvalue weighted by molar-refractivity contribution is -0.145. The zero-order chi connectivity index (χ0) is 14.2. The standard InChI is InChI=1S/C14H21NO4/c1-14(2)7-11(16)15(13(14)19)8-9-3-5-10(6-4-9)12(17)18/h9-10H,3-8H2,1-2H3,(H,17,18). The van der Waals surface area contributed by atoms with E-state index in [9.17, 15) is 14.4 Å². The van der Waals surface area contributed by atoms with Gasteiger partial charge in [-0.2, -0.15) is 0 Å². The van der Waals surface area contributed by atoms with E-state index in [1.165, 1.54) is 4.90 Å². The molecule has 0 aromatic heterocycles. The maximum absolute atomic E-state index is 12.1. The highest BCUT2D eigenvalue weighted by atomic mass is 16.4. The first-order chi connectivity index (χ1) is 8.81. The van der Waals surface area contributed by atoms with E-state index in [1.807, 2.05) is 0 Å². The van der Waals surface area contributed by atoms with Gasteiger partial charge in [-0.25, -0.2) is 0 Å². The first-order valence-electron chi connectivity index (χ1n) is 6.89. The van der Waals surface area contributed by atoms with Crippen molar-refractivity contribution in [3.05, 3.63) is 0 Å². The quantitative estimate of drug-likeness (QED) is 0.789. The number of rotatable bonds is 3. The monoisotopic (exact) mass is 267 g/mol. The average molecular weight is 267 g/mol. The number of nitrogens with zero attached hydrogens (tertiary/aromatic N) is 1. The minimum Gasteiger partial charge on any atom is -0.481 e. The lowest BCUT2D eigenvalue weighted by Crippen LogP contribution is -2.38. The number of amides is 2. The van der Waals surface area contributed by atoms with Crippen molar-refractivity contribution in [2.24, 2.45) is 17.3 Å². The molecule has 0 spiro atoms. The minimum atomic E-state index is -0.729. The molecule has 0 radical (unpaired) electrons. The number of hydrogen-bond donors (Lipinski definition) is 1. The minimum absolute atomic E-state index is 0.0853. The molecule has 5 nitrogen and oxygen atoms in total. The smallest absolute Gasteiger partial charge is 0.306 e. The molecule has 2 aliphatic rings. The molecular weight excluding hydrogens is 246 g/mol. The molecule has 0 unspecified atom stereocenters. The first kappa shape index (κ1) is 14.0. The van der Waals surface area contributed by atoms with Crippen molar-refractivity contribution in [2.45, 2.75) is 46.0 Å². The van der Waals surface area contributed by atoms with E-state index in [-0.39, 0.29) is 30.1 Å². The SMILES string of the molecule is CC1(C)CC(=O)N(CC2CCC(C(=O)O)CC2)C1=O. The van der Waals surface area contributed by atoms with Crippen LogP contribution < -0.4 is 0 Å². The van der Waals surface area contributed by atoms with Crippen molar-refractivity contribution in [3.8, 4) is 0 Å². The highest BCUT2D eigenvalue weighted by Gasteiger charge is 2.45. The van der Waals surface area contributed by atoms with E-state index < -0.39 is 11.4 Å². The second-order valence-corrected chi connectivity index (χ2v) is 6.43. The maximum atomic E-state index is 12.1. The summed E-state index contributed by atoms with van der Waals surface area (Å²) in [6.07, 6.45) is 3.17. The van der Waals surface area contributed by atoms with E-state index in [0.29, 0.717) is 19.4 Å². The van der Waals surface area contributed by atoms with Crippen LogP contribution in [0.2, 0.25) is 0 Å². The molecule has 0 aromatic rings. The van der Waals surface area contributed by atoms with Crippen LogP contribution in [-0.2, 0) is 14.4 Å². The Morgan fingerprint density at radius 2 is 1.84 bits per heavy atom. The first-order valence-corrected chi connectivity index (χ1v) is 6.89. The van der Waals surface area contributed by atoms with Crippen LogP contribution in [0.4, 0.5) is 0 Å². The summed E-state index contributed by atoms with van der Waals surface area (Å²) in [7, 11) is 0. The normalized spacial score (nSPS) is 30.7. The van der Waals surface area contributed by atoms with Crippen LogP contribution in [0.5, 0.6) is 0 Å². The molecule has 0 aromatic carbocycles. The fourth-order valence-electron chi connectivity index (χ4n) is 3.06. The number of likely N-dealkylation sites (tertiary alicyclic amines) is 1. The van der Waals surface area contributed by atoms with Gasteiger partial charge in [0.25, 0.3) is 0 Å². The number of carboxylic acid groups (broad SMARTS) is 1. The summed E-state index contributed by atoms with van der Waals surface area (Å²) in [6.45, 7) is 4.07. The predicted octanol–water partition coefficient (Wildman–Crippen LogP) is 1.66. The third-order valence-electron chi connectivity index (χ3n) is 4.36. The van der Waals surface area contributed by atoms with Gasteiger partial charge in [0.05, 0.1) is 11.3 Å². The van der Waals surface area contributed by atoms with Crippen LogP contribution in [0.1, 0.15) is 46.0 Å². The third-order valence-corrected chi connectivity index (χ3v) is 4.36. The van der Waals surface area contributed by atoms with Gasteiger partial charge < -0.3 is 5.11 Å². The van der Waals surface area contributed by atoms with Crippen molar-refractivity contribution in [2.75, 3.05) is 6.54 Å². The van der Waals surface area contributed by atoms with Gasteiger partial charge in [-0.1, -0.05) is 13.8 Å². The molecule has 1 aliphatic carbocycles. The van der Waals surface area contributed by atoms with Crippen molar-refractivity contribution in [1.29, 1.82) is 0 Å². The van der Waals surface area contributed by atoms with Crippen molar-refractivity contribution >= 4 is 17.8 Å². The Bertz CT molecular complexity index is 408. The Hall–Kier alpha value is -1.39. The topological polar surface area (TPSA) is 74.7 Å². The Morgan fingerprint density at radius 1 is 1.26 bits per heavy atom. The summed E-state index contributed by atoms with van der Waals surface area (Å²) in [6, 6.07) is 0. The summed E-state index contributed by atoms with van der Waals surface area (Å²) >= 11 is 0. The molecular formula is C14H21NO4. The Labute approximate surface area is 113 Å². The van der Waals surface area contributed by atoms with Crippen LogP contribution in [0.25, 0.3) is 0 Å². The molecule has 1 aliphatic heterocycles. The van der Waals surface area contributed by atoms with Gasteiger partial charge in [0.1, 0.15) is 0 Å². The van der Waals surface area contributed by atoms with Gasteiger partial charge in [-0.15, -0.1) is 0 Å². The van der Waals surface area contributed by atoms with E-state index in [1.54, 1.807) is 13.8 Å². The summed E-state index contributed by atoms with van der Waals surface area (Å²) < 4.78 is 0. The molecule has 5 heteroatoms. The van der Waals surface area contributed by atoms with Gasteiger partial charge in [-0.3, -0.25) is 19.3 Å². The lowest BCUT2D eigenvalue weighted by atomic mass is 9.82. The average Bonchev–Trinajstić information content (AvgIpc) is 2.52. The summed E-state index contributed by atoms with van der Waals surface area (Å²) in [5.41, 5.74) is -0.574. The molecule has 0 atom stereocenters. The van der Waals surface area contributed by atoms with Crippen molar-refractivity contribution in [1.82, 2.24) is 4.90 Å². The van der Waals surface area contributed by atoms with Gasteiger partial charge in [0.15, 0.2) is 0 Å². The zero-order valence-corrected chi connectivity index (χ0v) is 11.5. The molecule has 2 rings (SSSR count). The maximum Gasteiger partial charge on any atom is 0.306 e. The van der Waals surface area contributed by atoms with Crippen LogP contribution >= 0.6 is 0 Å². The second kappa shape index (κ2) is 4.94. The van der Waals surface area contributed by atoms with Crippen molar-refractivity contribution in [3.63, 3.8) is 0 Å². The molecule has 1 saturated carbocycles. The Balaban J connectivity index is 1.91. The van der Waals surface area contributed by atoms with Crippen LogP contribution in [0, 0.1) is 17.3 Å². The van der Waals surface area contributed by atoms with Crippen LogP contribution in [-0.4, -0.2) is 34.3 Å². The summed E-state index contributed by atoms with van der Waals surface area (Å²) in [4.78, 5) is 36.2. The predicted molar refractivity (Wildman–Crippen MR) is 68.2 cm³/mol. The number of carbonyl (C=O) groups excluding carboxylic acids is 2. The number of carboxylic acids is 1. The lowest BCUT2D eigenvalue weighted by Gasteiger charge is -2.29. The molecule has 2 fully saturated rings. The van der Waals surface area contributed by atoms with Gasteiger partial charge >= 0.3 is 5.97 Å². The molecule has 1 N–H and O–H groups in total. The van der Waals surface area contributed by atoms with Crippen molar-refractivity contribution < 1.29 is 19.5 Å². The molecule has 2 amide bonds. The van der Waals surface area contributed by atoms with E-state index in [2.05, 4.69) is 0 Å². The Kier molecular flexibility index (Phi) is 3.65. The number of hydrogen-bond acceptors (Lipinski definition) is 3. The number of imide groups is 1. The molecule has 0 bridgehead atoms. The highest BCUT2D eigenvalue weighted by Crippen LogP contribution is 2.35. The van der Waals surface area contributed by atoms with Gasteiger partial charge in [0, 0.05) is 13.0 Å². The fourth-order valence-corrected chi connectivity index (χ4v) is 3.06. The Morgan fingerprint density at radius 3 is 2.26 bits per heavy atom. The number of carbonyl (C=O) groups is 3. The summed E-state index contributed by atoms with van der Waals surface area (Å²) in [5, 5.41) is 8.94. The third kappa shape index (κ3) is 2.80. The van der Waals surface area contributed by atoms with Gasteiger partial charge in [0.2, 0.25) is 11.8 Å². The van der Waals surface area contributed by atoms with Gasteiger partial charge in [-0.05, 0) is 31.6 Å². The van der Waals surface area contributed by atoms with E-state index in [4.69, 9.17) is 5.11 Å². The largest absolute Gasteiger partial charge is 0.481 e. The molecule has 1 heterocycles. The zero-order valence-electron chi connectivity index (χ0n) is 11.5. The highest BCUT2D eigenvalue weighted by molar-refractivity contribution is 6.05. The van der Waals surface area contributed by atoms with Crippen LogP contribution in [0.3, 0.4) is 0 Å². The molecule has 106 valence electrons. The van der Waals surface area contributed by atoms with E-state index in [0.717, 1.165) is 12.8 Å². The second-order valence-electron chi connectivity index (χ2n) is 6.43. The summed E-state index contributed by atoms with van der Waals surface area (Å²) in [5.74, 6) is -0.892. The fraction of sp³-hybridized carbons (Fsp3) is 0.786. The van der Waals surface area contributed by atoms with E-state index >= 15 is 0 Å². The molecule has 19 heavy (non-hydrogen) atoms. The number of aliphatic carboxylic acids is 1. The van der Waals surface area contributed by atoms with Crippen LogP contribution in [0.15, 0.2) is 0 Å².